The normalized spacial score (nSPS) is 19.7. The molecule has 2 atom stereocenters. The van der Waals surface area contributed by atoms with Gasteiger partial charge in [0.15, 0.2) is 0 Å². The zero-order chi connectivity index (χ0) is 19.4. The number of nitrogens with zero attached hydrogens (tertiary/aromatic N) is 2. The first-order valence-corrected chi connectivity index (χ1v) is 8.23. The fraction of sp³-hybridized carbons (Fsp3) is 0.500. The number of nitriles is 1. The average molecular weight is 367 g/mol. The van der Waals surface area contributed by atoms with Crippen molar-refractivity contribution < 1.29 is 22.8 Å². The molecule has 1 saturated heterocycles. The van der Waals surface area contributed by atoms with Crippen LogP contribution in [0.2, 0.25) is 0 Å². The van der Waals surface area contributed by atoms with Gasteiger partial charge in [-0.3, -0.25) is 9.59 Å². The third kappa shape index (κ3) is 5.48. The number of hydrogen-bond donors (Lipinski definition) is 1. The maximum absolute atomic E-state index is 12.5. The van der Waals surface area contributed by atoms with E-state index in [9.17, 15) is 28.0 Å². The summed E-state index contributed by atoms with van der Waals surface area (Å²) in [5, 5.41) is 12.0. The summed E-state index contributed by atoms with van der Waals surface area (Å²) >= 11 is 0. The van der Waals surface area contributed by atoms with E-state index in [0.717, 1.165) is 5.56 Å². The molecule has 1 aromatic carbocycles. The van der Waals surface area contributed by atoms with Crippen molar-refractivity contribution in [3.05, 3.63) is 35.9 Å². The molecule has 5 nitrogen and oxygen atoms in total. The second kappa shape index (κ2) is 7.77. The van der Waals surface area contributed by atoms with Gasteiger partial charge >= 0.3 is 6.18 Å². The Kier molecular flexibility index (Phi) is 5.90. The molecule has 8 heteroatoms. The van der Waals surface area contributed by atoms with E-state index < -0.39 is 36.0 Å². The number of halogens is 3. The number of amides is 2. The Labute approximate surface area is 149 Å². The fourth-order valence-corrected chi connectivity index (χ4v) is 2.88. The maximum atomic E-state index is 12.5. The molecule has 0 aromatic heterocycles. The highest BCUT2D eigenvalue weighted by Crippen LogP contribution is 2.25. The molecular weight excluding hydrogens is 347 g/mol. The minimum Gasteiger partial charge on any atom is -0.338 e. The monoisotopic (exact) mass is 367 g/mol. The van der Waals surface area contributed by atoms with Gasteiger partial charge in [0, 0.05) is 13.0 Å². The van der Waals surface area contributed by atoms with Gasteiger partial charge in [0.05, 0.1) is 12.0 Å². The second-order valence-electron chi connectivity index (χ2n) is 6.71. The predicted molar refractivity (Wildman–Crippen MR) is 87.7 cm³/mol. The van der Waals surface area contributed by atoms with Crippen LogP contribution < -0.4 is 5.32 Å². The maximum Gasteiger partial charge on any atom is 0.406 e. The quantitative estimate of drug-likeness (QED) is 0.839. The second-order valence-corrected chi connectivity index (χ2v) is 6.71. The zero-order valence-electron chi connectivity index (χ0n) is 14.3. The Bertz CT molecular complexity index is 700. The van der Waals surface area contributed by atoms with Crippen LogP contribution in [-0.4, -0.2) is 41.5 Å². The van der Waals surface area contributed by atoms with E-state index in [-0.39, 0.29) is 13.0 Å². The number of carbonyl (C=O) groups is 2. The Morgan fingerprint density at radius 3 is 2.58 bits per heavy atom. The van der Waals surface area contributed by atoms with Crippen molar-refractivity contribution in [3.8, 4) is 6.07 Å². The van der Waals surface area contributed by atoms with Crippen molar-refractivity contribution in [2.45, 2.75) is 37.9 Å². The molecule has 0 bridgehead atoms. The highest BCUT2D eigenvalue weighted by molar-refractivity contribution is 5.89. The SMILES string of the molecule is C[C@](C#N)(CCc1ccccc1)NC(=O)[C@H]1CC(=O)N(CC(F)(F)F)C1. The third-order valence-corrected chi connectivity index (χ3v) is 4.36. The van der Waals surface area contributed by atoms with Crippen LogP contribution in [0.4, 0.5) is 13.2 Å². The van der Waals surface area contributed by atoms with Gasteiger partial charge in [0.25, 0.3) is 0 Å². The highest BCUT2D eigenvalue weighted by Gasteiger charge is 2.41. The van der Waals surface area contributed by atoms with Gasteiger partial charge < -0.3 is 10.2 Å². The minimum atomic E-state index is -4.50. The lowest BCUT2D eigenvalue weighted by molar-refractivity contribution is -0.157. The predicted octanol–water partition coefficient (Wildman–Crippen LogP) is 2.43. The molecule has 0 unspecified atom stereocenters. The van der Waals surface area contributed by atoms with Gasteiger partial charge in [0.1, 0.15) is 12.1 Å². The Hall–Kier alpha value is -2.56. The first kappa shape index (κ1) is 19.8. The number of rotatable bonds is 6. The molecule has 1 aromatic rings. The van der Waals surface area contributed by atoms with Crippen molar-refractivity contribution in [1.82, 2.24) is 10.2 Å². The lowest BCUT2D eigenvalue weighted by atomic mass is 9.93. The number of hydrogen-bond acceptors (Lipinski definition) is 3. The van der Waals surface area contributed by atoms with E-state index in [1.807, 2.05) is 30.3 Å². The average Bonchev–Trinajstić information content (AvgIpc) is 2.93. The molecule has 0 spiro atoms. The molecule has 2 rings (SSSR count). The molecule has 140 valence electrons. The van der Waals surface area contributed by atoms with Crippen molar-refractivity contribution in [1.29, 1.82) is 5.26 Å². The van der Waals surface area contributed by atoms with Gasteiger partial charge in [-0.05, 0) is 25.3 Å². The first-order chi connectivity index (χ1) is 12.1. The Morgan fingerprint density at radius 1 is 1.35 bits per heavy atom. The third-order valence-electron chi connectivity index (χ3n) is 4.36. The lowest BCUT2D eigenvalue weighted by Gasteiger charge is -2.25. The summed E-state index contributed by atoms with van der Waals surface area (Å²) < 4.78 is 37.4. The van der Waals surface area contributed by atoms with Gasteiger partial charge in [0.2, 0.25) is 11.8 Å². The van der Waals surface area contributed by atoms with Gasteiger partial charge in [-0.25, -0.2) is 0 Å². The summed E-state index contributed by atoms with van der Waals surface area (Å²) in [5.74, 6) is -2.15. The molecule has 1 N–H and O–H groups in total. The Morgan fingerprint density at radius 2 is 2.00 bits per heavy atom. The summed E-state index contributed by atoms with van der Waals surface area (Å²) in [6.45, 7) is -0.0817. The summed E-state index contributed by atoms with van der Waals surface area (Å²) in [6.07, 6.45) is -3.86. The van der Waals surface area contributed by atoms with Crippen LogP contribution in [-0.2, 0) is 16.0 Å². The van der Waals surface area contributed by atoms with Crippen molar-refractivity contribution in [3.63, 3.8) is 0 Å². The molecule has 0 saturated carbocycles. The molecule has 1 heterocycles. The van der Waals surface area contributed by atoms with Crippen LogP contribution in [0.1, 0.15) is 25.3 Å². The zero-order valence-corrected chi connectivity index (χ0v) is 14.3. The Balaban J connectivity index is 1.94. The number of aryl methyl sites for hydroxylation is 1. The van der Waals surface area contributed by atoms with E-state index in [1.54, 1.807) is 6.92 Å². The first-order valence-electron chi connectivity index (χ1n) is 8.23. The van der Waals surface area contributed by atoms with Crippen LogP contribution in [0, 0.1) is 17.2 Å². The number of likely N-dealkylation sites (tertiary alicyclic amines) is 1. The van der Waals surface area contributed by atoms with Crippen LogP contribution >= 0.6 is 0 Å². The topological polar surface area (TPSA) is 73.2 Å². The number of alkyl halides is 3. The van der Waals surface area contributed by atoms with Gasteiger partial charge in [-0.1, -0.05) is 30.3 Å². The number of carbonyl (C=O) groups excluding carboxylic acids is 2. The van der Waals surface area contributed by atoms with Crippen LogP contribution in [0.15, 0.2) is 30.3 Å². The smallest absolute Gasteiger partial charge is 0.338 e. The van der Waals surface area contributed by atoms with Crippen molar-refractivity contribution in [2.24, 2.45) is 5.92 Å². The van der Waals surface area contributed by atoms with E-state index in [4.69, 9.17) is 0 Å². The molecule has 1 aliphatic rings. The van der Waals surface area contributed by atoms with Crippen LogP contribution in [0.25, 0.3) is 0 Å². The van der Waals surface area contributed by atoms with Gasteiger partial charge in [-0.15, -0.1) is 0 Å². The number of nitrogens with one attached hydrogen (secondary N) is 1. The molecule has 0 radical (unpaired) electrons. The standard InChI is InChI=1S/C18H20F3N3O2/c1-17(11-22,8-7-13-5-3-2-4-6-13)23-16(26)14-9-15(25)24(10-14)12-18(19,20)21/h2-6,14H,7-10,12H2,1H3,(H,23,26)/t14-,17+/m0/s1. The van der Waals surface area contributed by atoms with Crippen LogP contribution in [0.5, 0.6) is 0 Å². The lowest BCUT2D eigenvalue weighted by Crippen LogP contribution is -2.48. The minimum absolute atomic E-state index is 0.276. The largest absolute Gasteiger partial charge is 0.406 e. The molecule has 26 heavy (non-hydrogen) atoms. The molecule has 0 aliphatic carbocycles. The molecule has 1 fully saturated rings. The fourth-order valence-electron chi connectivity index (χ4n) is 2.88. The molecule has 1 aliphatic heterocycles. The van der Waals surface area contributed by atoms with E-state index >= 15 is 0 Å². The summed E-state index contributed by atoms with van der Waals surface area (Å²) in [7, 11) is 0. The summed E-state index contributed by atoms with van der Waals surface area (Å²) in [4.78, 5) is 24.7. The highest BCUT2D eigenvalue weighted by atomic mass is 19.4. The van der Waals surface area contributed by atoms with E-state index in [0.29, 0.717) is 17.7 Å². The number of benzene rings is 1. The van der Waals surface area contributed by atoms with Crippen molar-refractivity contribution in [2.75, 3.05) is 13.1 Å². The van der Waals surface area contributed by atoms with E-state index in [2.05, 4.69) is 11.4 Å². The van der Waals surface area contributed by atoms with Crippen LogP contribution in [0.3, 0.4) is 0 Å². The van der Waals surface area contributed by atoms with E-state index in [1.165, 1.54) is 0 Å². The molecular formula is C18H20F3N3O2. The molecule has 2 amide bonds. The van der Waals surface area contributed by atoms with Crippen molar-refractivity contribution >= 4 is 11.8 Å². The summed E-state index contributed by atoms with van der Waals surface area (Å²) in [6, 6.07) is 11.5. The summed E-state index contributed by atoms with van der Waals surface area (Å²) in [5.41, 5.74) is -0.149. The van der Waals surface area contributed by atoms with Gasteiger partial charge in [-0.2, -0.15) is 18.4 Å².